The van der Waals surface area contributed by atoms with Gasteiger partial charge in [0, 0.05) is 18.0 Å². The minimum Gasteiger partial charge on any atom is -0.439 e. The fraction of sp³-hybridized carbons (Fsp3) is 0.455. The first-order chi connectivity index (χ1) is 13.8. The van der Waals surface area contributed by atoms with Gasteiger partial charge in [0.1, 0.15) is 5.75 Å². The number of carbonyl (C=O) groups is 1. The van der Waals surface area contributed by atoms with Gasteiger partial charge in [-0.2, -0.15) is 11.8 Å². The zero-order chi connectivity index (χ0) is 19.2. The zero-order valence-electron chi connectivity index (χ0n) is 16.0. The number of aromatic nitrogens is 1. The lowest BCUT2D eigenvalue weighted by molar-refractivity contribution is -0.121. The number of benzene rings is 1. The van der Waals surface area contributed by atoms with E-state index in [-0.39, 0.29) is 11.8 Å². The van der Waals surface area contributed by atoms with E-state index in [0.717, 1.165) is 43.4 Å². The van der Waals surface area contributed by atoms with Gasteiger partial charge in [-0.3, -0.25) is 4.79 Å². The Labute approximate surface area is 170 Å². The number of ether oxygens (including phenoxy) is 1. The largest absolute Gasteiger partial charge is 0.439 e. The van der Waals surface area contributed by atoms with Crippen LogP contribution in [0.4, 0.5) is 5.69 Å². The number of piperidine rings is 1. The third-order valence-electron chi connectivity index (χ3n) is 5.58. The van der Waals surface area contributed by atoms with Crippen molar-refractivity contribution in [1.82, 2.24) is 9.88 Å². The number of carbonyl (C=O) groups excluding carboxylic acids is 1. The molecule has 0 bridgehead atoms. The van der Waals surface area contributed by atoms with Crippen molar-refractivity contribution in [1.29, 1.82) is 0 Å². The molecule has 0 saturated carbocycles. The van der Waals surface area contributed by atoms with Crippen LogP contribution in [0.5, 0.6) is 11.6 Å². The van der Waals surface area contributed by atoms with Crippen molar-refractivity contribution in [3.63, 3.8) is 0 Å². The van der Waals surface area contributed by atoms with E-state index in [1.165, 1.54) is 24.3 Å². The van der Waals surface area contributed by atoms with Crippen LogP contribution in [0, 0.1) is 5.92 Å². The van der Waals surface area contributed by atoms with Gasteiger partial charge in [-0.1, -0.05) is 18.2 Å². The zero-order valence-corrected chi connectivity index (χ0v) is 16.9. The number of hydrogen-bond donors (Lipinski definition) is 1. The Kier molecular flexibility index (Phi) is 6.49. The van der Waals surface area contributed by atoms with Crippen molar-refractivity contribution in [2.75, 3.05) is 29.9 Å². The molecule has 2 saturated heterocycles. The van der Waals surface area contributed by atoms with E-state index in [2.05, 4.69) is 27.0 Å². The van der Waals surface area contributed by atoms with Crippen LogP contribution in [0.2, 0.25) is 0 Å². The van der Waals surface area contributed by atoms with E-state index in [9.17, 15) is 4.79 Å². The molecule has 1 aromatic heterocycles. The third kappa shape index (κ3) is 5.06. The van der Waals surface area contributed by atoms with Gasteiger partial charge < -0.3 is 15.0 Å². The molecule has 1 amide bonds. The van der Waals surface area contributed by atoms with Crippen LogP contribution in [0.25, 0.3) is 0 Å². The van der Waals surface area contributed by atoms with Gasteiger partial charge in [-0.25, -0.2) is 4.98 Å². The molecule has 5 nitrogen and oxygen atoms in total. The van der Waals surface area contributed by atoms with Gasteiger partial charge in [0.05, 0.1) is 11.9 Å². The van der Waals surface area contributed by atoms with Gasteiger partial charge in [0.25, 0.3) is 0 Å². The highest BCUT2D eigenvalue weighted by Crippen LogP contribution is 2.27. The topological polar surface area (TPSA) is 54.5 Å². The first-order valence-corrected chi connectivity index (χ1v) is 11.2. The van der Waals surface area contributed by atoms with Crippen LogP contribution in [0.1, 0.15) is 25.7 Å². The second-order valence-corrected chi connectivity index (χ2v) is 8.67. The van der Waals surface area contributed by atoms with E-state index >= 15 is 0 Å². The second kappa shape index (κ2) is 9.43. The summed E-state index contributed by atoms with van der Waals surface area (Å²) in [4.78, 5) is 19.5. The molecule has 28 heavy (non-hydrogen) atoms. The van der Waals surface area contributed by atoms with Gasteiger partial charge in [-0.15, -0.1) is 0 Å². The first-order valence-electron chi connectivity index (χ1n) is 10.1. The minimum atomic E-state index is 0.0921. The molecule has 0 spiro atoms. The molecule has 0 aliphatic carbocycles. The van der Waals surface area contributed by atoms with Crippen molar-refractivity contribution in [3.05, 3.63) is 48.7 Å². The van der Waals surface area contributed by atoms with Gasteiger partial charge in [0.2, 0.25) is 11.8 Å². The summed E-state index contributed by atoms with van der Waals surface area (Å²) in [6, 6.07) is 13.9. The number of anilines is 1. The van der Waals surface area contributed by atoms with Gasteiger partial charge in [-0.05, 0) is 68.5 Å². The molecule has 1 aromatic carbocycles. The molecular weight excluding hydrogens is 370 g/mol. The van der Waals surface area contributed by atoms with Gasteiger partial charge in [0.15, 0.2) is 0 Å². The van der Waals surface area contributed by atoms with Crippen molar-refractivity contribution >= 4 is 23.4 Å². The number of likely N-dealkylation sites (tertiary alicyclic amines) is 1. The van der Waals surface area contributed by atoms with E-state index in [1.54, 1.807) is 12.3 Å². The average molecular weight is 398 g/mol. The molecule has 2 aliphatic heterocycles. The Bertz CT molecular complexity index is 755. The molecule has 2 fully saturated rings. The number of hydrogen-bond acceptors (Lipinski definition) is 5. The highest BCUT2D eigenvalue weighted by molar-refractivity contribution is 7.99. The highest BCUT2D eigenvalue weighted by atomic mass is 32.2. The maximum absolute atomic E-state index is 12.6. The summed E-state index contributed by atoms with van der Waals surface area (Å²) in [6.07, 6.45) is 6.14. The maximum atomic E-state index is 12.6. The Hall–Kier alpha value is -2.05. The molecule has 0 radical (unpaired) electrons. The van der Waals surface area contributed by atoms with Crippen molar-refractivity contribution in [2.24, 2.45) is 5.92 Å². The molecule has 148 valence electrons. The second-order valence-electron chi connectivity index (χ2n) is 7.44. The van der Waals surface area contributed by atoms with Crippen LogP contribution in [-0.2, 0) is 4.79 Å². The normalized spacial score (nSPS) is 19.3. The van der Waals surface area contributed by atoms with Crippen LogP contribution in [-0.4, -0.2) is 46.4 Å². The molecule has 2 aromatic rings. The Balaban J connectivity index is 1.26. The number of rotatable bonds is 5. The van der Waals surface area contributed by atoms with E-state index in [1.807, 2.05) is 36.4 Å². The molecule has 0 atom stereocenters. The van der Waals surface area contributed by atoms with Gasteiger partial charge >= 0.3 is 0 Å². The van der Waals surface area contributed by atoms with E-state index in [0.29, 0.717) is 5.88 Å². The Morgan fingerprint density at radius 2 is 1.79 bits per heavy atom. The van der Waals surface area contributed by atoms with Crippen LogP contribution < -0.4 is 10.1 Å². The van der Waals surface area contributed by atoms with Crippen LogP contribution in [0.3, 0.4) is 0 Å². The number of thioether (sulfide) groups is 1. The molecule has 4 rings (SSSR count). The molecular formula is C22H27N3O2S. The van der Waals surface area contributed by atoms with Crippen molar-refractivity contribution in [2.45, 2.75) is 31.7 Å². The molecule has 6 heteroatoms. The standard InChI is InChI=1S/C22H27N3O2S/c26-22(17-8-12-25(13-9-17)19-10-14-28-15-11-19)24-18-6-7-21(23-16-18)27-20-4-2-1-3-5-20/h1-7,16-17,19H,8-15H2,(H,24,26). The van der Waals surface area contributed by atoms with Crippen molar-refractivity contribution in [3.8, 4) is 11.6 Å². The Morgan fingerprint density at radius 1 is 1.04 bits per heavy atom. The lowest BCUT2D eigenvalue weighted by atomic mass is 9.94. The Morgan fingerprint density at radius 3 is 2.46 bits per heavy atom. The summed E-state index contributed by atoms with van der Waals surface area (Å²) < 4.78 is 5.69. The van der Waals surface area contributed by atoms with E-state index in [4.69, 9.17) is 4.74 Å². The molecule has 2 aliphatic rings. The minimum absolute atomic E-state index is 0.0921. The summed E-state index contributed by atoms with van der Waals surface area (Å²) in [6.45, 7) is 2.07. The molecule has 3 heterocycles. The lowest BCUT2D eigenvalue weighted by Gasteiger charge is -2.38. The number of nitrogens with zero attached hydrogens (tertiary/aromatic N) is 2. The number of amides is 1. The monoisotopic (exact) mass is 397 g/mol. The summed E-state index contributed by atoms with van der Waals surface area (Å²) in [5.41, 5.74) is 0.720. The summed E-state index contributed by atoms with van der Waals surface area (Å²) in [5.74, 6) is 4.02. The summed E-state index contributed by atoms with van der Waals surface area (Å²) in [5, 5.41) is 3.02. The lowest BCUT2D eigenvalue weighted by Crippen LogP contribution is -2.45. The van der Waals surface area contributed by atoms with E-state index < -0.39 is 0 Å². The maximum Gasteiger partial charge on any atom is 0.227 e. The fourth-order valence-electron chi connectivity index (χ4n) is 3.95. The number of para-hydroxylation sites is 1. The summed E-state index contributed by atoms with van der Waals surface area (Å²) in [7, 11) is 0. The fourth-order valence-corrected chi connectivity index (χ4v) is 5.03. The molecule has 0 unspecified atom stereocenters. The number of pyridine rings is 1. The predicted molar refractivity (Wildman–Crippen MR) is 114 cm³/mol. The third-order valence-corrected chi connectivity index (χ3v) is 6.63. The smallest absolute Gasteiger partial charge is 0.227 e. The number of nitrogens with one attached hydrogen (secondary N) is 1. The quantitative estimate of drug-likeness (QED) is 0.809. The SMILES string of the molecule is O=C(Nc1ccc(Oc2ccccc2)nc1)C1CCN(C2CCSCC2)CC1. The van der Waals surface area contributed by atoms with Crippen LogP contribution in [0.15, 0.2) is 48.7 Å². The van der Waals surface area contributed by atoms with Crippen molar-refractivity contribution < 1.29 is 9.53 Å². The average Bonchev–Trinajstić information content (AvgIpc) is 2.76. The summed E-state index contributed by atoms with van der Waals surface area (Å²) >= 11 is 2.06. The van der Waals surface area contributed by atoms with Crippen LogP contribution >= 0.6 is 11.8 Å². The highest BCUT2D eigenvalue weighted by Gasteiger charge is 2.29. The molecule has 1 N–H and O–H groups in total. The predicted octanol–water partition coefficient (Wildman–Crippen LogP) is 4.42. The first kappa shape index (κ1) is 19.3.